The van der Waals surface area contributed by atoms with Gasteiger partial charge < -0.3 is 14.6 Å². The smallest absolute Gasteiger partial charge is 0.204 e. The second-order valence-corrected chi connectivity index (χ2v) is 6.39. The molecule has 7 heteroatoms. The second kappa shape index (κ2) is 12.7. The highest BCUT2D eigenvalue weighted by Gasteiger charge is 2.20. The van der Waals surface area contributed by atoms with Crippen LogP contribution in [0.15, 0.2) is 61.4 Å². The summed E-state index contributed by atoms with van der Waals surface area (Å²) in [4.78, 5) is 0. The second-order valence-electron chi connectivity index (χ2n) is 6.39. The third kappa shape index (κ3) is 7.68. The van der Waals surface area contributed by atoms with Gasteiger partial charge >= 0.3 is 0 Å². The summed E-state index contributed by atoms with van der Waals surface area (Å²) in [6, 6.07) is 2.14. The molecule has 1 aromatic carbocycles. The Bertz CT molecular complexity index is 744. The summed E-state index contributed by atoms with van der Waals surface area (Å²) in [6.07, 6.45) is 1.04. The number of methoxy groups -OCH3 is 1. The summed E-state index contributed by atoms with van der Waals surface area (Å²) in [7, 11) is 1.19. The zero-order valence-electron chi connectivity index (χ0n) is 17.0. The molecule has 0 aromatic heterocycles. The quantitative estimate of drug-likeness (QED) is 0.198. The largest absolute Gasteiger partial charge is 0.505 e. The first-order valence-corrected chi connectivity index (χ1v) is 8.87. The fourth-order valence-electron chi connectivity index (χ4n) is 2.23. The van der Waals surface area contributed by atoms with E-state index >= 15 is 0 Å². The standard InChI is InChI=1S/C20H24F4O3.C2H4/c1-11(10-27-16-9-8-15(25)19(23)20(16)24)6-7-12(2)13(3)17(21)18(22)14(4)26-5;1-2/h8-9,11-12,25H,3-4,6-7,10H2,1-2,5H3;1-2H2/b18-17-;. The molecule has 0 radical (unpaired) electrons. The van der Waals surface area contributed by atoms with E-state index in [-0.39, 0.29) is 29.8 Å². The van der Waals surface area contributed by atoms with Crippen molar-refractivity contribution in [2.45, 2.75) is 26.7 Å². The molecule has 1 N–H and O–H groups in total. The Labute approximate surface area is 169 Å². The summed E-state index contributed by atoms with van der Waals surface area (Å²) < 4.78 is 64.5. The molecule has 0 bridgehead atoms. The van der Waals surface area contributed by atoms with Crippen molar-refractivity contribution in [2.24, 2.45) is 11.8 Å². The maximum absolute atomic E-state index is 14.0. The van der Waals surface area contributed by atoms with Gasteiger partial charge in [-0.05, 0) is 42.4 Å². The van der Waals surface area contributed by atoms with E-state index in [9.17, 15) is 17.6 Å². The molecule has 162 valence electrons. The third-order valence-electron chi connectivity index (χ3n) is 4.20. The van der Waals surface area contributed by atoms with Gasteiger partial charge in [0.2, 0.25) is 11.6 Å². The van der Waals surface area contributed by atoms with E-state index in [1.54, 1.807) is 6.92 Å². The van der Waals surface area contributed by atoms with Crippen LogP contribution in [-0.4, -0.2) is 18.8 Å². The Hall–Kier alpha value is -2.70. The zero-order valence-corrected chi connectivity index (χ0v) is 17.0. The van der Waals surface area contributed by atoms with Crippen molar-refractivity contribution in [2.75, 3.05) is 13.7 Å². The number of ether oxygens (including phenoxy) is 2. The molecule has 3 nitrogen and oxygen atoms in total. The minimum absolute atomic E-state index is 0.00883. The van der Waals surface area contributed by atoms with Gasteiger partial charge in [-0.2, -0.15) is 13.2 Å². The molecular formula is C22H28F4O3. The highest BCUT2D eigenvalue weighted by atomic mass is 19.2. The topological polar surface area (TPSA) is 38.7 Å². The number of aromatic hydroxyl groups is 1. The van der Waals surface area contributed by atoms with Crippen molar-refractivity contribution in [3.63, 3.8) is 0 Å². The van der Waals surface area contributed by atoms with Gasteiger partial charge in [-0.3, -0.25) is 0 Å². The number of hydrogen-bond acceptors (Lipinski definition) is 3. The number of hydrogen-bond donors (Lipinski definition) is 1. The fourth-order valence-corrected chi connectivity index (χ4v) is 2.23. The Morgan fingerprint density at radius 1 is 1.03 bits per heavy atom. The van der Waals surface area contributed by atoms with Gasteiger partial charge in [0.05, 0.1) is 13.7 Å². The van der Waals surface area contributed by atoms with Crippen molar-refractivity contribution in [3.8, 4) is 11.5 Å². The lowest BCUT2D eigenvalue weighted by Crippen LogP contribution is -2.12. The van der Waals surface area contributed by atoms with Gasteiger partial charge in [0, 0.05) is 0 Å². The normalized spacial score (nSPS) is 13.3. The lowest BCUT2D eigenvalue weighted by Gasteiger charge is -2.18. The van der Waals surface area contributed by atoms with Crippen LogP contribution in [0.2, 0.25) is 0 Å². The predicted molar refractivity (Wildman–Crippen MR) is 107 cm³/mol. The minimum atomic E-state index is -1.37. The molecule has 1 rings (SSSR count). The third-order valence-corrected chi connectivity index (χ3v) is 4.20. The van der Waals surface area contributed by atoms with Crippen molar-refractivity contribution < 1.29 is 32.1 Å². The molecule has 2 atom stereocenters. The van der Waals surface area contributed by atoms with E-state index in [1.165, 1.54) is 7.11 Å². The van der Waals surface area contributed by atoms with Crippen LogP contribution < -0.4 is 4.74 Å². The van der Waals surface area contributed by atoms with Crippen LogP contribution >= 0.6 is 0 Å². The van der Waals surface area contributed by atoms with E-state index in [1.807, 2.05) is 6.92 Å². The highest BCUT2D eigenvalue weighted by molar-refractivity contribution is 5.34. The monoisotopic (exact) mass is 416 g/mol. The molecule has 0 amide bonds. The zero-order chi connectivity index (χ0) is 22.7. The van der Waals surface area contributed by atoms with Gasteiger partial charge in [-0.15, -0.1) is 13.2 Å². The molecule has 0 spiro atoms. The van der Waals surface area contributed by atoms with Crippen molar-refractivity contribution in [1.29, 1.82) is 0 Å². The SMILES string of the molecule is C=C.C=C(OC)/C(F)=C(/F)C(=C)C(C)CCC(C)COc1ccc(O)c(F)c1F. The maximum Gasteiger partial charge on any atom is 0.204 e. The van der Waals surface area contributed by atoms with Gasteiger partial charge in [0.1, 0.15) is 5.76 Å². The van der Waals surface area contributed by atoms with Gasteiger partial charge in [-0.1, -0.05) is 27.0 Å². The van der Waals surface area contributed by atoms with Crippen LogP contribution in [0.25, 0.3) is 0 Å². The first-order valence-electron chi connectivity index (χ1n) is 8.87. The maximum atomic E-state index is 14.0. The number of allylic oxidation sites excluding steroid dienone is 3. The van der Waals surface area contributed by atoms with Crippen LogP contribution in [0.3, 0.4) is 0 Å². The van der Waals surface area contributed by atoms with E-state index < -0.39 is 34.8 Å². The van der Waals surface area contributed by atoms with Crippen molar-refractivity contribution in [3.05, 3.63) is 73.1 Å². The molecule has 0 fully saturated rings. The lowest BCUT2D eigenvalue weighted by molar-refractivity contribution is 0.232. The molecule has 0 aliphatic carbocycles. The fraction of sp³-hybridized carbons (Fsp3) is 0.364. The number of phenolic OH excluding ortho intramolecular Hbond substituents is 1. The van der Waals surface area contributed by atoms with Crippen molar-refractivity contribution >= 4 is 0 Å². The van der Waals surface area contributed by atoms with E-state index in [0.29, 0.717) is 12.8 Å². The van der Waals surface area contributed by atoms with Gasteiger partial charge in [-0.25, -0.2) is 4.39 Å². The Kier molecular flexibility index (Phi) is 11.5. The number of phenols is 1. The number of benzene rings is 1. The Balaban J connectivity index is 0.00000379. The summed E-state index contributed by atoms with van der Waals surface area (Å²) in [5, 5.41) is 9.08. The van der Waals surface area contributed by atoms with Crippen LogP contribution in [0.4, 0.5) is 17.6 Å². The van der Waals surface area contributed by atoms with E-state index in [0.717, 1.165) is 12.1 Å². The summed E-state index contributed by atoms with van der Waals surface area (Å²) in [6.45, 7) is 16.4. The minimum Gasteiger partial charge on any atom is -0.505 e. The summed E-state index contributed by atoms with van der Waals surface area (Å²) >= 11 is 0. The van der Waals surface area contributed by atoms with Gasteiger partial charge in [0.25, 0.3) is 0 Å². The van der Waals surface area contributed by atoms with Crippen LogP contribution in [0.1, 0.15) is 26.7 Å². The van der Waals surface area contributed by atoms with Crippen LogP contribution in [0.5, 0.6) is 11.5 Å². The highest BCUT2D eigenvalue weighted by Crippen LogP contribution is 2.30. The van der Waals surface area contributed by atoms with E-state index in [2.05, 4.69) is 31.1 Å². The molecule has 1 aromatic rings. The van der Waals surface area contributed by atoms with E-state index in [4.69, 9.17) is 9.84 Å². The van der Waals surface area contributed by atoms with Crippen LogP contribution in [-0.2, 0) is 4.74 Å². The molecule has 0 heterocycles. The number of halogens is 4. The molecule has 2 unspecified atom stereocenters. The molecule has 0 saturated carbocycles. The molecule has 0 aliphatic heterocycles. The summed E-state index contributed by atoms with van der Waals surface area (Å²) in [5.74, 6) is -6.84. The number of rotatable bonds is 10. The average Bonchev–Trinajstić information content (AvgIpc) is 2.74. The summed E-state index contributed by atoms with van der Waals surface area (Å²) in [5.41, 5.74) is -0.00883. The average molecular weight is 416 g/mol. The van der Waals surface area contributed by atoms with Crippen LogP contribution in [0, 0.1) is 23.5 Å². The Morgan fingerprint density at radius 2 is 1.62 bits per heavy atom. The van der Waals surface area contributed by atoms with Gasteiger partial charge in [0.15, 0.2) is 23.2 Å². The lowest BCUT2D eigenvalue weighted by atomic mass is 9.92. The molecular weight excluding hydrogens is 388 g/mol. The molecule has 0 aliphatic rings. The predicted octanol–water partition coefficient (Wildman–Crippen LogP) is 6.77. The molecule has 29 heavy (non-hydrogen) atoms. The Morgan fingerprint density at radius 3 is 2.17 bits per heavy atom. The first-order chi connectivity index (χ1) is 13.6. The first kappa shape index (κ1) is 26.3. The molecule has 0 saturated heterocycles. The van der Waals surface area contributed by atoms with Crippen molar-refractivity contribution in [1.82, 2.24) is 0 Å².